The molecule has 5 heteroatoms. The van der Waals surface area contributed by atoms with Gasteiger partial charge in [0.05, 0.1) is 23.8 Å². The van der Waals surface area contributed by atoms with Crippen LogP contribution in [0.15, 0.2) is 6.20 Å². The van der Waals surface area contributed by atoms with E-state index in [4.69, 9.17) is 11.6 Å². The minimum Gasteiger partial charge on any atom is -0.309 e. The molecular weight excluding hydrogens is 178 g/mol. The highest BCUT2D eigenvalue weighted by atomic mass is 35.5. The Balaban J connectivity index is 2.44. The van der Waals surface area contributed by atoms with E-state index in [1.807, 2.05) is 0 Å². The lowest BCUT2D eigenvalue weighted by molar-refractivity contribution is 0.0962. The lowest BCUT2D eigenvalue weighted by Crippen LogP contribution is -2.31. The molecule has 0 saturated heterocycles. The van der Waals surface area contributed by atoms with Crippen LogP contribution in [0.4, 0.5) is 0 Å². The summed E-state index contributed by atoms with van der Waals surface area (Å²) in [5.74, 6) is 0.0278. The summed E-state index contributed by atoms with van der Waals surface area (Å²) >= 11 is 5.77. The molecule has 1 aliphatic heterocycles. The molecule has 4 nitrogen and oxygen atoms in total. The second-order valence-electron chi connectivity index (χ2n) is 2.73. The molecule has 64 valence electrons. The van der Waals surface area contributed by atoms with Crippen LogP contribution in [0.3, 0.4) is 0 Å². The molecule has 2 heterocycles. The van der Waals surface area contributed by atoms with E-state index in [1.165, 1.54) is 6.20 Å². The second kappa shape index (κ2) is 2.57. The van der Waals surface area contributed by atoms with Gasteiger partial charge in [-0.2, -0.15) is 5.10 Å². The maximum absolute atomic E-state index is 11.5. The highest BCUT2D eigenvalue weighted by Gasteiger charge is 2.32. The number of rotatable bonds is 1. The fraction of sp³-hybridized carbons (Fsp3) is 0.429. The van der Waals surface area contributed by atoms with Crippen LogP contribution in [0.5, 0.6) is 0 Å². The van der Waals surface area contributed by atoms with Gasteiger partial charge in [0.1, 0.15) is 5.69 Å². The molecule has 0 saturated carbocycles. The van der Waals surface area contributed by atoms with E-state index in [2.05, 4.69) is 10.4 Å². The zero-order chi connectivity index (χ0) is 8.72. The summed E-state index contributed by atoms with van der Waals surface area (Å²) in [5.41, 5.74) is 0.524. The lowest BCUT2D eigenvalue weighted by Gasteiger charge is -2.02. The maximum Gasteiger partial charge on any atom is 0.201 e. The summed E-state index contributed by atoms with van der Waals surface area (Å²) in [4.78, 5) is 11.5. The molecule has 2 rings (SSSR count). The highest BCUT2D eigenvalue weighted by Crippen LogP contribution is 2.22. The van der Waals surface area contributed by atoms with Gasteiger partial charge in [-0.3, -0.25) is 9.48 Å². The molecule has 1 atom stereocenters. The van der Waals surface area contributed by atoms with Gasteiger partial charge in [-0.1, -0.05) is 11.6 Å². The Morgan fingerprint density at radius 3 is 3.17 bits per heavy atom. The first kappa shape index (κ1) is 7.76. The third kappa shape index (κ3) is 0.884. The zero-order valence-corrected chi connectivity index (χ0v) is 7.30. The Kier molecular flexibility index (Phi) is 1.66. The summed E-state index contributed by atoms with van der Waals surface area (Å²) in [6, 6.07) is -0.161. The third-order valence-corrected chi connectivity index (χ3v) is 2.33. The topological polar surface area (TPSA) is 46.9 Å². The zero-order valence-electron chi connectivity index (χ0n) is 6.54. The number of hydrogen-bond acceptors (Lipinski definition) is 3. The number of ketones is 1. The van der Waals surface area contributed by atoms with Crippen LogP contribution in [0.1, 0.15) is 10.5 Å². The van der Waals surface area contributed by atoms with Gasteiger partial charge in [-0.25, -0.2) is 0 Å². The van der Waals surface area contributed by atoms with Crippen molar-refractivity contribution in [3.8, 4) is 0 Å². The van der Waals surface area contributed by atoms with Crippen LogP contribution in [0.25, 0.3) is 0 Å². The summed E-state index contributed by atoms with van der Waals surface area (Å²) in [6.45, 7) is 0.581. The standard InChI is InChI=1S/C7H8ClN3O/c1-9-5-3-11-6(7(5)12)4(8)2-10-11/h2,5,9H,3H2,1H3. The molecule has 0 spiro atoms. The fourth-order valence-electron chi connectivity index (χ4n) is 1.39. The molecule has 1 unspecified atom stereocenters. The number of carbonyl (C=O) groups is 1. The molecule has 1 aromatic rings. The molecule has 0 bridgehead atoms. The van der Waals surface area contributed by atoms with Crippen molar-refractivity contribution < 1.29 is 4.79 Å². The van der Waals surface area contributed by atoms with Crippen LogP contribution >= 0.6 is 11.6 Å². The van der Waals surface area contributed by atoms with Crippen molar-refractivity contribution in [3.63, 3.8) is 0 Å². The molecule has 1 aromatic heterocycles. The van der Waals surface area contributed by atoms with E-state index < -0.39 is 0 Å². The van der Waals surface area contributed by atoms with E-state index in [1.54, 1.807) is 11.7 Å². The molecular formula is C7H8ClN3O. The monoisotopic (exact) mass is 185 g/mol. The number of fused-ring (bicyclic) bond motifs is 1. The first-order chi connectivity index (χ1) is 5.74. The number of carbonyl (C=O) groups excluding carboxylic acids is 1. The Labute approximate surface area is 74.5 Å². The smallest absolute Gasteiger partial charge is 0.201 e. The Hall–Kier alpha value is -0.870. The predicted molar refractivity (Wildman–Crippen MR) is 44.4 cm³/mol. The van der Waals surface area contributed by atoms with E-state index in [0.717, 1.165) is 0 Å². The van der Waals surface area contributed by atoms with Crippen LogP contribution in [-0.2, 0) is 6.54 Å². The number of aromatic nitrogens is 2. The molecule has 0 radical (unpaired) electrons. The van der Waals surface area contributed by atoms with Gasteiger partial charge in [0.2, 0.25) is 5.78 Å². The molecule has 0 fully saturated rings. The molecule has 0 amide bonds. The minimum absolute atomic E-state index is 0.0278. The van der Waals surface area contributed by atoms with Gasteiger partial charge in [-0.05, 0) is 7.05 Å². The van der Waals surface area contributed by atoms with Crippen molar-refractivity contribution in [1.29, 1.82) is 0 Å². The van der Waals surface area contributed by atoms with E-state index in [9.17, 15) is 4.79 Å². The first-order valence-corrected chi connectivity index (χ1v) is 4.04. The number of Topliss-reactive ketones (excluding diaryl/α,β-unsaturated/α-hetero) is 1. The van der Waals surface area contributed by atoms with Crippen molar-refractivity contribution in [3.05, 3.63) is 16.9 Å². The Bertz CT molecular complexity index is 333. The number of likely N-dealkylation sites (N-methyl/N-ethyl adjacent to an activating group) is 1. The predicted octanol–water partition coefficient (Wildman–Crippen LogP) is 0.321. The quantitative estimate of drug-likeness (QED) is 0.686. The van der Waals surface area contributed by atoms with Gasteiger partial charge in [-0.15, -0.1) is 0 Å². The average Bonchev–Trinajstić information content (AvgIpc) is 2.55. The molecule has 1 N–H and O–H groups in total. The molecule has 0 aliphatic carbocycles. The summed E-state index contributed by atoms with van der Waals surface area (Å²) < 4.78 is 1.63. The molecule has 1 aliphatic rings. The van der Waals surface area contributed by atoms with E-state index >= 15 is 0 Å². The van der Waals surface area contributed by atoms with Crippen molar-refractivity contribution >= 4 is 17.4 Å². The van der Waals surface area contributed by atoms with Crippen LogP contribution in [-0.4, -0.2) is 28.7 Å². The van der Waals surface area contributed by atoms with Gasteiger partial charge < -0.3 is 5.32 Å². The van der Waals surface area contributed by atoms with Crippen LogP contribution in [0.2, 0.25) is 5.02 Å². The Morgan fingerprint density at radius 2 is 2.58 bits per heavy atom. The lowest BCUT2D eigenvalue weighted by atomic mass is 10.2. The van der Waals surface area contributed by atoms with Crippen molar-refractivity contribution in [2.45, 2.75) is 12.6 Å². The molecule has 12 heavy (non-hydrogen) atoms. The van der Waals surface area contributed by atoms with Gasteiger partial charge in [0, 0.05) is 0 Å². The van der Waals surface area contributed by atoms with Gasteiger partial charge in [0.25, 0.3) is 0 Å². The minimum atomic E-state index is -0.161. The number of nitrogens with one attached hydrogen (secondary N) is 1. The first-order valence-electron chi connectivity index (χ1n) is 3.67. The Morgan fingerprint density at radius 1 is 1.83 bits per heavy atom. The maximum atomic E-state index is 11.5. The average molecular weight is 186 g/mol. The number of nitrogens with zero attached hydrogens (tertiary/aromatic N) is 2. The second-order valence-corrected chi connectivity index (χ2v) is 3.14. The third-order valence-electron chi connectivity index (χ3n) is 2.05. The van der Waals surface area contributed by atoms with Crippen molar-refractivity contribution in [2.24, 2.45) is 0 Å². The summed E-state index contributed by atoms with van der Waals surface area (Å²) in [7, 11) is 1.75. The van der Waals surface area contributed by atoms with Gasteiger partial charge in [0.15, 0.2) is 0 Å². The molecule has 0 aromatic carbocycles. The van der Waals surface area contributed by atoms with Crippen molar-refractivity contribution in [2.75, 3.05) is 7.05 Å². The highest BCUT2D eigenvalue weighted by molar-refractivity contribution is 6.34. The van der Waals surface area contributed by atoms with E-state index in [0.29, 0.717) is 17.3 Å². The van der Waals surface area contributed by atoms with E-state index in [-0.39, 0.29) is 11.8 Å². The van der Waals surface area contributed by atoms with Crippen LogP contribution in [0, 0.1) is 0 Å². The van der Waals surface area contributed by atoms with Crippen molar-refractivity contribution in [1.82, 2.24) is 15.1 Å². The largest absolute Gasteiger partial charge is 0.309 e. The summed E-state index contributed by atoms with van der Waals surface area (Å²) in [5, 5.41) is 7.32. The normalized spacial score (nSPS) is 21.5. The fourth-order valence-corrected chi connectivity index (χ4v) is 1.62. The van der Waals surface area contributed by atoms with Crippen LogP contribution < -0.4 is 5.32 Å². The van der Waals surface area contributed by atoms with Gasteiger partial charge >= 0.3 is 0 Å². The SMILES string of the molecule is CNC1Cn2ncc(Cl)c2C1=O. The number of hydrogen-bond donors (Lipinski definition) is 1. The summed E-state index contributed by atoms with van der Waals surface area (Å²) in [6.07, 6.45) is 1.50. The number of halogens is 1.